The zero-order chi connectivity index (χ0) is 31.6. The van der Waals surface area contributed by atoms with Gasteiger partial charge in [0.15, 0.2) is 0 Å². The molecule has 0 radical (unpaired) electrons. The average Bonchev–Trinajstić information content (AvgIpc) is 3.94. The Morgan fingerprint density at radius 1 is 0.935 bits per heavy atom. The van der Waals surface area contributed by atoms with Gasteiger partial charge in [-0.05, 0) is 105 Å². The van der Waals surface area contributed by atoms with Crippen LogP contribution in [0.3, 0.4) is 0 Å². The number of benzene rings is 2. The number of nitrogens with zero attached hydrogens (tertiary/aromatic N) is 3. The third-order valence-corrected chi connectivity index (χ3v) is 12.7. The molecule has 242 valence electrons. The van der Waals surface area contributed by atoms with E-state index in [-0.39, 0.29) is 34.9 Å². The molecule has 1 N–H and O–H groups in total. The average molecular weight is 641 g/mol. The fraction of sp³-hybridized carbons (Fsp3) is 0.541. The monoisotopic (exact) mass is 640 g/mol. The molecule has 4 aliphatic carbocycles. The number of amides is 1. The molecule has 4 bridgehead atoms. The third-order valence-electron chi connectivity index (χ3n) is 11.4. The van der Waals surface area contributed by atoms with E-state index in [4.69, 9.17) is 9.72 Å². The summed E-state index contributed by atoms with van der Waals surface area (Å²) >= 11 is 0. The van der Waals surface area contributed by atoms with Gasteiger partial charge in [0.05, 0.1) is 16.6 Å². The molecule has 2 atom stereocenters. The van der Waals surface area contributed by atoms with Crippen LogP contribution in [0.2, 0.25) is 0 Å². The molecule has 4 fully saturated rings. The Morgan fingerprint density at radius 3 is 2.35 bits per heavy atom. The number of aromatic nitrogens is 2. The van der Waals surface area contributed by atoms with Crippen molar-refractivity contribution in [2.24, 2.45) is 17.3 Å². The van der Waals surface area contributed by atoms with Gasteiger partial charge in [-0.15, -0.1) is 0 Å². The minimum Gasteiger partial charge on any atom is -0.472 e. The van der Waals surface area contributed by atoms with Gasteiger partial charge in [0.2, 0.25) is 11.8 Å². The quantitative estimate of drug-likeness (QED) is 0.311. The van der Waals surface area contributed by atoms with E-state index in [0.29, 0.717) is 34.4 Å². The fourth-order valence-corrected chi connectivity index (χ4v) is 9.52. The molecule has 9 heteroatoms. The van der Waals surface area contributed by atoms with Crippen molar-refractivity contribution in [3.63, 3.8) is 0 Å². The summed E-state index contributed by atoms with van der Waals surface area (Å²) in [5.74, 6) is 1.08. The Hall–Kier alpha value is -3.46. The van der Waals surface area contributed by atoms with Crippen LogP contribution in [0.5, 0.6) is 5.88 Å². The van der Waals surface area contributed by atoms with Gasteiger partial charge in [-0.25, -0.2) is 18.1 Å². The smallest absolute Gasteiger partial charge is 0.264 e. The molecule has 5 aliphatic rings. The molecule has 1 aromatic heterocycles. The first-order valence-corrected chi connectivity index (χ1v) is 18.7. The van der Waals surface area contributed by atoms with Gasteiger partial charge in [-0.3, -0.25) is 4.79 Å². The lowest BCUT2D eigenvalue weighted by atomic mass is 9.74. The maximum Gasteiger partial charge on any atom is 0.264 e. The molecule has 8 nitrogen and oxygen atoms in total. The lowest BCUT2D eigenvalue weighted by molar-refractivity contribution is -0.0207. The predicted octanol–water partition coefficient (Wildman–Crippen LogP) is 7.46. The van der Waals surface area contributed by atoms with Gasteiger partial charge in [-0.1, -0.05) is 56.4 Å². The number of ether oxygens (including phenoxy) is 1. The molecule has 46 heavy (non-hydrogen) atoms. The third kappa shape index (κ3) is 5.69. The molecule has 1 unspecified atom stereocenters. The van der Waals surface area contributed by atoms with E-state index in [1.165, 1.54) is 57.1 Å². The Kier molecular flexibility index (Phi) is 7.38. The van der Waals surface area contributed by atoms with Crippen molar-refractivity contribution in [2.45, 2.75) is 114 Å². The minimum absolute atomic E-state index is 0.0240. The van der Waals surface area contributed by atoms with Gasteiger partial charge in [0.1, 0.15) is 6.10 Å². The highest BCUT2D eigenvalue weighted by Gasteiger charge is 2.57. The van der Waals surface area contributed by atoms with E-state index >= 15 is 0 Å². The second kappa shape index (κ2) is 11.4. The summed E-state index contributed by atoms with van der Waals surface area (Å²) < 4.78 is 37.2. The van der Waals surface area contributed by atoms with Crippen molar-refractivity contribution in [1.29, 1.82) is 0 Å². The molecule has 8 rings (SSSR count). The summed E-state index contributed by atoms with van der Waals surface area (Å²) in [7, 11) is -4.09. The van der Waals surface area contributed by atoms with Crippen LogP contribution in [0, 0.1) is 31.1 Å². The number of carbonyl (C=O) groups is 1. The number of sulfonamides is 1. The normalized spacial score (nSPS) is 25.8. The minimum atomic E-state index is -4.09. The summed E-state index contributed by atoms with van der Waals surface area (Å²) in [5.41, 5.74) is 4.43. The van der Waals surface area contributed by atoms with Crippen LogP contribution in [-0.2, 0) is 10.0 Å². The van der Waals surface area contributed by atoms with Crippen molar-refractivity contribution in [2.75, 3.05) is 4.72 Å². The molecular formula is C37H44N4O4S. The highest BCUT2D eigenvalue weighted by Crippen LogP contribution is 2.62. The summed E-state index contributed by atoms with van der Waals surface area (Å²) in [4.78, 5) is 26.4. The lowest BCUT2D eigenvalue weighted by Gasteiger charge is -2.49. The zero-order valence-electron chi connectivity index (χ0n) is 26.9. The second-order valence-electron chi connectivity index (χ2n) is 14.8. The SMILES string of the molecule is Cc1cccc(C)c1-c1cc2nc(n1)NS(=O)(=O)c1cccc(c1)C(=O)N(C1CC3(CC3)C1)[C@H](CC1CCCCC1)C(C1CC1)O2. The van der Waals surface area contributed by atoms with Gasteiger partial charge in [-0.2, -0.15) is 4.98 Å². The van der Waals surface area contributed by atoms with E-state index in [1.807, 2.05) is 38.1 Å². The van der Waals surface area contributed by atoms with Gasteiger partial charge < -0.3 is 9.64 Å². The zero-order valence-corrected chi connectivity index (χ0v) is 27.7. The van der Waals surface area contributed by atoms with Crippen LogP contribution in [0.1, 0.15) is 98.5 Å². The number of rotatable bonds is 5. The summed E-state index contributed by atoms with van der Waals surface area (Å²) in [6, 6.07) is 14.4. The Balaban J connectivity index is 1.29. The predicted molar refractivity (Wildman–Crippen MR) is 177 cm³/mol. The van der Waals surface area contributed by atoms with Crippen molar-refractivity contribution in [3.8, 4) is 17.1 Å². The second-order valence-corrected chi connectivity index (χ2v) is 16.5. The number of hydrogen-bond donors (Lipinski definition) is 1. The Morgan fingerprint density at radius 2 is 1.65 bits per heavy atom. The molecule has 0 saturated heterocycles. The number of hydrogen-bond acceptors (Lipinski definition) is 6. The molecule has 1 aliphatic heterocycles. The summed E-state index contributed by atoms with van der Waals surface area (Å²) in [5, 5.41) is 0. The van der Waals surface area contributed by atoms with E-state index in [1.54, 1.807) is 12.1 Å². The maximum atomic E-state index is 14.8. The fourth-order valence-electron chi connectivity index (χ4n) is 8.53. The molecule has 1 spiro atoms. The first-order chi connectivity index (χ1) is 22.2. The Bertz CT molecular complexity index is 1750. The van der Waals surface area contributed by atoms with Crippen LogP contribution in [0.15, 0.2) is 53.4 Å². The standard InChI is InChI=1S/C37H44N4O4S/c1-23-8-6-9-24(2)33(23)30-20-32-39-36(38-30)40-46(43,44)29-13-7-12-27(19-29)35(42)41(28-21-37(22-28)16-17-37)31(34(45-32)26-14-15-26)18-25-10-4-3-5-11-25/h6-9,12-13,19-20,25-26,28,31,34H,3-5,10-11,14-18,21-22H2,1-2H3,(H,38,39,40)/t31-,34?/m1/s1. The lowest BCUT2D eigenvalue weighted by Crippen LogP contribution is -2.59. The number of fused-ring (bicyclic) bond motifs is 4. The molecule has 2 aromatic carbocycles. The number of carbonyl (C=O) groups excluding carboxylic acids is 1. The molecule has 3 aromatic rings. The molecule has 4 saturated carbocycles. The highest BCUT2D eigenvalue weighted by molar-refractivity contribution is 7.92. The summed E-state index contributed by atoms with van der Waals surface area (Å²) in [6.45, 7) is 4.06. The van der Waals surface area contributed by atoms with Gasteiger partial charge in [0, 0.05) is 23.2 Å². The number of aryl methyl sites for hydroxylation is 2. The highest BCUT2D eigenvalue weighted by atomic mass is 32.2. The first-order valence-electron chi connectivity index (χ1n) is 17.3. The first kappa shape index (κ1) is 29.9. The maximum absolute atomic E-state index is 14.8. The largest absolute Gasteiger partial charge is 0.472 e. The van der Waals surface area contributed by atoms with Crippen LogP contribution >= 0.6 is 0 Å². The number of nitrogens with one attached hydrogen (secondary N) is 1. The van der Waals surface area contributed by atoms with Crippen LogP contribution in [0.25, 0.3) is 11.3 Å². The van der Waals surface area contributed by atoms with E-state index in [0.717, 1.165) is 48.8 Å². The molecule has 1 amide bonds. The van der Waals surface area contributed by atoms with Crippen LogP contribution in [-0.4, -0.2) is 47.4 Å². The Labute approximate surface area is 272 Å². The topological polar surface area (TPSA) is 101 Å². The van der Waals surface area contributed by atoms with Crippen molar-refractivity contribution in [1.82, 2.24) is 14.9 Å². The van der Waals surface area contributed by atoms with Gasteiger partial charge >= 0.3 is 0 Å². The number of anilines is 1. The van der Waals surface area contributed by atoms with Crippen molar-refractivity contribution in [3.05, 3.63) is 65.2 Å². The van der Waals surface area contributed by atoms with E-state index in [2.05, 4.69) is 14.6 Å². The molecular weight excluding hydrogens is 596 g/mol. The van der Waals surface area contributed by atoms with Crippen molar-refractivity contribution >= 4 is 21.9 Å². The van der Waals surface area contributed by atoms with E-state index in [9.17, 15) is 13.2 Å². The molecule has 2 heterocycles. The van der Waals surface area contributed by atoms with Gasteiger partial charge in [0.25, 0.3) is 15.9 Å². The van der Waals surface area contributed by atoms with Crippen LogP contribution in [0.4, 0.5) is 5.95 Å². The van der Waals surface area contributed by atoms with Crippen molar-refractivity contribution < 1.29 is 17.9 Å². The van der Waals surface area contributed by atoms with Crippen LogP contribution < -0.4 is 9.46 Å². The summed E-state index contributed by atoms with van der Waals surface area (Å²) in [6.07, 6.45) is 13.4. The van der Waals surface area contributed by atoms with E-state index < -0.39 is 10.0 Å².